The molecule has 3 aromatic rings. The molecule has 2 atom stereocenters. The van der Waals surface area contributed by atoms with E-state index >= 15 is 0 Å². The molecule has 0 radical (unpaired) electrons. The highest BCUT2D eigenvalue weighted by atomic mass is 35.5. The lowest BCUT2D eigenvalue weighted by atomic mass is 9.86. The number of nitrogens with zero attached hydrogens (tertiary/aromatic N) is 5. The van der Waals surface area contributed by atoms with Gasteiger partial charge in [-0.2, -0.15) is 18.3 Å². The molecule has 1 aromatic heterocycles. The minimum absolute atomic E-state index is 0.0416. The second kappa shape index (κ2) is 13.6. The number of hydrogen-bond acceptors (Lipinski definition) is 5. The molecule has 5 rings (SSSR count). The Balaban J connectivity index is 0.000000617. The summed E-state index contributed by atoms with van der Waals surface area (Å²) in [5.74, 6) is -2.86. The summed E-state index contributed by atoms with van der Waals surface area (Å²) < 4.78 is 62.2. The van der Waals surface area contributed by atoms with Gasteiger partial charge >= 0.3 is 12.1 Å². The molecule has 2 fully saturated rings. The predicted molar refractivity (Wildman–Crippen MR) is 162 cm³/mol. The lowest BCUT2D eigenvalue weighted by molar-refractivity contribution is -0.192. The summed E-state index contributed by atoms with van der Waals surface area (Å²) in [5, 5.41) is 12.5. The molecule has 46 heavy (non-hydrogen) atoms. The molecule has 0 unspecified atom stereocenters. The van der Waals surface area contributed by atoms with Crippen LogP contribution < -0.4 is 0 Å². The molecule has 0 saturated carbocycles. The van der Waals surface area contributed by atoms with Crippen LogP contribution in [0.2, 0.25) is 5.02 Å². The summed E-state index contributed by atoms with van der Waals surface area (Å²) >= 11 is 6.24. The van der Waals surface area contributed by atoms with Crippen LogP contribution in [0.5, 0.6) is 0 Å². The fraction of sp³-hybridized carbons (Fsp3) is 0.500. The molecule has 2 aliphatic heterocycles. The van der Waals surface area contributed by atoms with E-state index in [1.807, 2.05) is 41.6 Å². The van der Waals surface area contributed by atoms with Gasteiger partial charge in [0.2, 0.25) is 5.91 Å². The molecule has 2 saturated heterocycles. The van der Waals surface area contributed by atoms with E-state index in [2.05, 4.69) is 30.8 Å². The zero-order valence-corrected chi connectivity index (χ0v) is 27.0. The molecule has 0 spiro atoms. The number of aryl methyl sites for hydroxylation is 2. The Bertz CT molecular complexity index is 1580. The Morgan fingerprint density at radius 3 is 2.15 bits per heavy atom. The number of benzene rings is 2. The quantitative estimate of drug-likeness (QED) is 0.312. The number of amides is 1. The highest BCUT2D eigenvalue weighted by molar-refractivity contribution is 6.31. The zero-order valence-electron chi connectivity index (χ0n) is 26.2. The van der Waals surface area contributed by atoms with Gasteiger partial charge in [0.1, 0.15) is 23.3 Å². The van der Waals surface area contributed by atoms with E-state index < -0.39 is 23.8 Å². The van der Waals surface area contributed by atoms with Crippen LogP contribution in [0.25, 0.3) is 5.69 Å². The molecule has 250 valence electrons. The fourth-order valence-electron chi connectivity index (χ4n) is 5.96. The van der Waals surface area contributed by atoms with Gasteiger partial charge in [-0.25, -0.2) is 23.2 Å². The summed E-state index contributed by atoms with van der Waals surface area (Å²) in [4.78, 5) is 31.7. The van der Waals surface area contributed by atoms with Crippen molar-refractivity contribution in [3.8, 4) is 5.69 Å². The molecule has 2 aliphatic rings. The SMILES string of the molecule is Cc1nc(C2CCN(C(=O)[C@@H]3CN(C(C)(C)C)C[C@H]3c3ccc(F)cc3F)CC2)n(-c2ccc(Cl)c(C)c2)n1.O=C(O)C(F)(F)F. The van der Waals surface area contributed by atoms with Crippen molar-refractivity contribution < 1.29 is 36.6 Å². The van der Waals surface area contributed by atoms with E-state index in [9.17, 15) is 26.7 Å². The fourth-order valence-corrected chi connectivity index (χ4v) is 6.08. The van der Waals surface area contributed by atoms with Crippen molar-refractivity contribution >= 4 is 23.5 Å². The number of aliphatic carboxylic acids is 1. The Labute approximate surface area is 269 Å². The summed E-state index contributed by atoms with van der Waals surface area (Å²) in [7, 11) is 0. The van der Waals surface area contributed by atoms with Crippen LogP contribution in [-0.4, -0.2) is 79.4 Å². The average Bonchev–Trinajstić information content (AvgIpc) is 3.59. The summed E-state index contributed by atoms with van der Waals surface area (Å²) in [5.41, 5.74) is 2.14. The second-order valence-corrected chi connectivity index (χ2v) is 13.1. The number of hydrogen-bond donors (Lipinski definition) is 1. The van der Waals surface area contributed by atoms with Gasteiger partial charge in [-0.1, -0.05) is 17.7 Å². The van der Waals surface area contributed by atoms with Gasteiger partial charge in [0.05, 0.1) is 11.6 Å². The molecule has 14 heteroatoms. The molecule has 2 aromatic carbocycles. The van der Waals surface area contributed by atoms with Crippen molar-refractivity contribution in [2.24, 2.45) is 5.92 Å². The summed E-state index contributed by atoms with van der Waals surface area (Å²) in [6.45, 7) is 12.5. The van der Waals surface area contributed by atoms with Crippen LogP contribution in [-0.2, 0) is 9.59 Å². The van der Waals surface area contributed by atoms with Crippen molar-refractivity contribution in [1.29, 1.82) is 0 Å². The van der Waals surface area contributed by atoms with E-state index in [-0.39, 0.29) is 29.2 Å². The van der Waals surface area contributed by atoms with Crippen LogP contribution in [0.1, 0.15) is 68.2 Å². The highest BCUT2D eigenvalue weighted by Crippen LogP contribution is 2.39. The minimum Gasteiger partial charge on any atom is -0.475 e. The first kappa shape index (κ1) is 35.3. The number of carboxylic acid groups (broad SMARTS) is 1. The van der Waals surface area contributed by atoms with Crippen molar-refractivity contribution in [3.05, 3.63) is 75.8 Å². The third-order valence-electron chi connectivity index (χ3n) is 8.49. The van der Waals surface area contributed by atoms with Gasteiger partial charge in [-0.3, -0.25) is 9.69 Å². The molecule has 0 bridgehead atoms. The molecule has 8 nitrogen and oxygen atoms in total. The second-order valence-electron chi connectivity index (χ2n) is 12.7. The Hall–Kier alpha value is -3.58. The standard InChI is InChI=1S/C30H36ClF2N5O.C2HF3O2/c1-18-14-22(7-9-26(18)31)38-28(34-19(2)35-38)20-10-12-36(13-11-20)29(39)25-17-37(30(3,4)5)16-24(25)23-8-6-21(32)15-27(23)33;3-2(4,5)1(6)7/h6-9,14-15,20,24-25H,10-13,16-17H2,1-5H3;(H,6,7)/t24-,25+;/m0./s1. The van der Waals surface area contributed by atoms with Gasteiger partial charge in [0.25, 0.3) is 0 Å². The van der Waals surface area contributed by atoms with Crippen LogP contribution in [0.4, 0.5) is 22.0 Å². The molecule has 1 amide bonds. The number of piperidine rings is 1. The lowest BCUT2D eigenvalue weighted by Gasteiger charge is -2.35. The van der Waals surface area contributed by atoms with Crippen LogP contribution >= 0.6 is 11.6 Å². The molecule has 0 aliphatic carbocycles. The smallest absolute Gasteiger partial charge is 0.475 e. The van der Waals surface area contributed by atoms with E-state index in [1.165, 1.54) is 12.1 Å². The van der Waals surface area contributed by atoms with Crippen molar-refractivity contribution in [2.75, 3.05) is 26.2 Å². The number of aromatic nitrogens is 3. The monoisotopic (exact) mass is 669 g/mol. The minimum atomic E-state index is -5.08. The maximum absolute atomic E-state index is 14.9. The summed E-state index contributed by atoms with van der Waals surface area (Å²) in [6.07, 6.45) is -3.55. The van der Waals surface area contributed by atoms with Crippen molar-refractivity contribution in [1.82, 2.24) is 24.6 Å². The van der Waals surface area contributed by atoms with Gasteiger partial charge in [-0.05, 0) is 82.9 Å². The van der Waals surface area contributed by atoms with E-state index in [0.29, 0.717) is 42.6 Å². The number of alkyl halides is 3. The van der Waals surface area contributed by atoms with Crippen LogP contribution in [0, 0.1) is 31.4 Å². The predicted octanol–water partition coefficient (Wildman–Crippen LogP) is 6.67. The Kier molecular flexibility index (Phi) is 10.5. The van der Waals surface area contributed by atoms with E-state index in [4.69, 9.17) is 26.5 Å². The highest BCUT2D eigenvalue weighted by Gasteiger charge is 2.45. The summed E-state index contributed by atoms with van der Waals surface area (Å²) in [6, 6.07) is 9.53. The van der Waals surface area contributed by atoms with Gasteiger partial charge in [-0.15, -0.1) is 0 Å². The van der Waals surface area contributed by atoms with E-state index in [1.54, 1.807) is 0 Å². The van der Waals surface area contributed by atoms with Crippen molar-refractivity contribution in [3.63, 3.8) is 0 Å². The number of carbonyl (C=O) groups is 2. The first-order valence-electron chi connectivity index (χ1n) is 14.9. The van der Waals surface area contributed by atoms with Crippen LogP contribution in [0.3, 0.4) is 0 Å². The molecular weight excluding hydrogens is 633 g/mol. The molecule has 1 N–H and O–H groups in total. The third-order valence-corrected chi connectivity index (χ3v) is 8.91. The lowest BCUT2D eigenvalue weighted by Crippen LogP contribution is -2.44. The number of rotatable bonds is 4. The Morgan fingerprint density at radius 2 is 1.61 bits per heavy atom. The number of carboxylic acids is 1. The largest absolute Gasteiger partial charge is 0.490 e. The topological polar surface area (TPSA) is 91.6 Å². The normalized spacial score (nSPS) is 19.6. The van der Waals surface area contributed by atoms with Crippen molar-refractivity contribution in [2.45, 2.75) is 71.0 Å². The first-order valence-corrected chi connectivity index (χ1v) is 15.2. The molecular formula is C32H37ClF5N5O3. The van der Waals surface area contributed by atoms with Gasteiger partial charge in [0, 0.05) is 54.6 Å². The zero-order chi connectivity index (χ0) is 34.1. The first-order chi connectivity index (χ1) is 21.4. The maximum atomic E-state index is 14.9. The Morgan fingerprint density at radius 1 is 0.978 bits per heavy atom. The number of likely N-dealkylation sites (tertiary alicyclic amines) is 2. The van der Waals surface area contributed by atoms with Gasteiger partial charge < -0.3 is 10.0 Å². The maximum Gasteiger partial charge on any atom is 0.490 e. The molecule has 3 heterocycles. The third kappa shape index (κ3) is 8.03. The number of carbonyl (C=O) groups excluding carboxylic acids is 1. The average molecular weight is 670 g/mol. The van der Waals surface area contributed by atoms with Gasteiger partial charge in [0.15, 0.2) is 0 Å². The van der Waals surface area contributed by atoms with Crippen LogP contribution in [0.15, 0.2) is 36.4 Å². The number of halogens is 6. The van der Waals surface area contributed by atoms with E-state index in [0.717, 1.165) is 36.0 Å².